The standard InChI is InChI=1S/C14H21NO/c1-11-3-4-13(12(2)9-11)5-6-14(16)7-8-15-10-14/h3-4,9,15-16H,5-8,10H2,1-2H3. The van der Waals surface area contributed by atoms with Gasteiger partial charge in [-0.1, -0.05) is 23.8 Å². The van der Waals surface area contributed by atoms with Gasteiger partial charge in [0, 0.05) is 6.54 Å². The molecule has 1 atom stereocenters. The smallest absolute Gasteiger partial charge is 0.0786 e. The topological polar surface area (TPSA) is 32.3 Å². The fourth-order valence-electron chi connectivity index (χ4n) is 2.44. The molecule has 1 fully saturated rings. The number of aryl methyl sites for hydroxylation is 3. The summed E-state index contributed by atoms with van der Waals surface area (Å²) in [7, 11) is 0. The molecule has 0 spiro atoms. The zero-order chi connectivity index (χ0) is 11.6. The lowest BCUT2D eigenvalue weighted by Crippen LogP contribution is -2.31. The van der Waals surface area contributed by atoms with Gasteiger partial charge in [0.05, 0.1) is 5.60 Å². The fourth-order valence-corrected chi connectivity index (χ4v) is 2.44. The maximum atomic E-state index is 10.2. The highest BCUT2D eigenvalue weighted by Gasteiger charge is 2.30. The Morgan fingerprint density at radius 3 is 2.81 bits per heavy atom. The predicted octanol–water partition coefficient (Wildman–Crippen LogP) is 1.96. The molecule has 2 rings (SSSR count). The van der Waals surface area contributed by atoms with Crippen molar-refractivity contribution in [2.24, 2.45) is 0 Å². The Labute approximate surface area is 97.7 Å². The minimum atomic E-state index is -0.475. The third-order valence-electron chi connectivity index (χ3n) is 3.58. The van der Waals surface area contributed by atoms with Crippen LogP contribution in [0.2, 0.25) is 0 Å². The highest BCUT2D eigenvalue weighted by atomic mass is 16.3. The van der Waals surface area contributed by atoms with Crippen LogP contribution in [0.25, 0.3) is 0 Å². The van der Waals surface area contributed by atoms with Crippen molar-refractivity contribution >= 4 is 0 Å². The normalized spacial score (nSPS) is 24.9. The first kappa shape index (κ1) is 11.6. The summed E-state index contributed by atoms with van der Waals surface area (Å²) in [4.78, 5) is 0. The van der Waals surface area contributed by atoms with Crippen LogP contribution in [0.5, 0.6) is 0 Å². The zero-order valence-corrected chi connectivity index (χ0v) is 10.2. The second kappa shape index (κ2) is 4.56. The summed E-state index contributed by atoms with van der Waals surface area (Å²) in [6.45, 7) is 5.96. The number of β-amino-alcohol motifs (C(OH)–C–C–N with tert-alkyl or cyclic N) is 1. The lowest BCUT2D eigenvalue weighted by Gasteiger charge is -2.21. The molecule has 0 radical (unpaired) electrons. The summed E-state index contributed by atoms with van der Waals surface area (Å²) < 4.78 is 0. The summed E-state index contributed by atoms with van der Waals surface area (Å²) in [5, 5.41) is 13.5. The van der Waals surface area contributed by atoms with Gasteiger partial charge in [-0.15, -0.1) is 0 Å². The number of hydrogen-bond donors (Lipinski definition) is 2. The number of hydrogen-bond acceptors (Lipinski definition) is 2. The van der Waals surface area contributed by atoms with E-state index in [1.807, 2.05) is 0 Å². The number of aliphatic hydroxyl groups is 1. The first-order chi connectivity index (χ1) is 7.59. The number of nitrogens with one attached hydrogen (secondary N) is 1. The van der Waals surface area contributed by atoms with E-state index in [-0.39, 0.29) is 0 Å². The molecule has 1 heterocycles. The summed E-state index contributed by atoms with van der Waals surface area (Å²) in [6.07, 6.45) is 2.73. The van der Waals surface area contributed by atoms with Crippen LogP contribution in [-0.2, 0) is 6.42 Å². The SMILES string of the molecule is Cc1ccc(CCC2(O)CCNC2)c(C)c1. The van der Waals surface area contributed by atoms with E-state index in [2.05, 4.69) is 37.4 Å². The Morgan fingerprint density at radius 2 is 2.19 bits per heavy atom. The molecule has 1 saturated heterocycles. The molecule has 1 unspecified atom stereocenters. The van der Waals surface area contributed by atoms with Gasteiger partial charge in [0.15, 0.2) is 0 Å². The van der Waals surface area contributed by atoms with Crippen LogP contribution in [-0.4, -0.2) is 23.8 Å². The Morgan fingerprint density at radius 1 is 1.38 bits per heavy atom. The van der Waals surface area contributed by atoms with Gasteiger partial charge in [0.1, 0.15) is 0 Å². The second-order valence-electron chi connectivity index (χ2n) is 5.08. The van der Waals surface area contributed by atoms with Crippen molar-refractivity contribution in [1.29, 1.82) is 0 Å². The molecule has 2 nitrogen and oxygen atoms in total. The first-order valence-corrected chi connectivity index (χ1v) is 6.08. The fraction of sp³-hybridized carbons (Fsp3) is 0.571. The minimum absolute atomic E-state index is 0.475. The van der Waals surface area contributed by atoms with E-state index in [0.29, 0.717) is 0 Å². The molecule has 0 saturated carbocycles. The minimum Gasteiger partial charge on any atom is -0.389 e. The molecule has 0 bridgehead atoms. The third kappa shape index (κ3) is 2.63. The largest absolute Gasteiger partial charge is 0.389 e. The summed E-state index contributed by atoms with van der Waals surface area (Å²) in [6, 6.07) is 6.56. The summed E-state index contributed by atoms with van der Waals surface area (Å²) in [5.41, 5.74) is 3.54. The molecule has 2 N–H and O–H groups in total. The molecular formula is C14H21NO. The molecule has 1 aromatic rings. The monoisotopic (exact) mass is 219 g/mol. The van der Waals surface area contributed by atoms with Crippen LogP contribution in [0.15, 0.2) is 18.2 Å². The lowest BCUT2D eigenvalue weighted by molar-refractivity contribution is 0.0526. The lowest BCUT2D eigenvalue weighted by atomic mass is 9.92. The van der Waals surface area contributed by atoms with Gasteiger partial charge in [-0.25, -0.2) is 0 Å². The van der Waals surface area contributed by atoms with Crippen molar-refractivity contribution < 1.29 is 5.11 Å². The van der Waals surface area contributed by atoms with Gasteiger partial charge < -0.3 is 10.4 Å². The van der Waals surface area contributed by atoms with E-state index in [4.69, 9.17) is 0 Å². The van der Waals surface area contributed by atoms with Gasteiger partial charge in [-0.2, -0.15) is 0 Å². The van der Waals surface area contributed by atoms with E-state index >= 15 is 0 Å². The van der Waals surface area contributed by atoms with Crippen LogP contribution in [0.4, 0.5) is 0 Å². The Hall–Kier alpha value is -0.860. The van der Waals surface area contributed by atoms with Crippen molar-refractivity contribution in [3.05, 3.63) is 34.9 Å². The van der Waals surface area contributed by atoms with Crippen LogP contribution in [0.3, 0.4) is 0 Å². The van der Waals surface area contributed by atoms with Crippen LogP contribution >= 0.6 is 0 Å². The van der Waals surface area contributed by atoms with E-state index in [9.17, 15) is 5.11 Å². The summed E-state index contributed by atoms with van der Waals surface area (Å²) >= 11 is 0. The van der Waals surface area contributed by atoms with Crippen molar-refractivity contribution in [2.45, 2.75) is 38.7 Å². The number of rotatable bonds is 3. The van der Waals surface area contributed by atoms with Crippen molar-refractivity contribution in [3.8, 4) is 0 Å². The molecule has 1 aliphatic rings. The van der Waals surface area contributed by atoms with E-state index in [1.165, 1.54) is 16.7 Å². The Bertz CT molecular complexity index is 367. The predicted molar refractivity (Wildman–Crippen MR) is 66.7 cm³/mol. The number of benzene rings is 1. The highest BCUT2D eigenvalue weighted by molar-refractivity contribution is 5.30. The zero-order valence-electron chi connectivity index (χ0n) is 10.2. The molecule has 0 aromatic heterocycles. The summed E-state index contributed by atoms with van der Waals surface area (Å²) in [5.74, 6) is 0. The molecule has 0 aliphatic carbocycles. The maximum absolute atomic E-state index is 10.2. The van der Waals surface area contributed by atoms with Crippen molar-refractivity contribution in [2.75, 3.05) is 13.1 Å². The molecule has 88 valence electrons. The van der Waals surface area contributed by atoms with Crippen LogP contribution in [0.1, 0.15) is 29.5 Å². The highest BCUT2D eigenvalue weighted by Crippen LogP contribution is 2.22. The Balaban J connectivity index is 1.99. The van der Waals surface area contributed by atoms with Crippen molar-refractivity contribution in [1.82, 2.24) is 5.32 Å². The van der Waals surface area contributed by atoms with Crippen molar-refractivity contribution in [3.63, 3.8) is 0 Å². The third-order valence-corrected chi connectivity index (χ3v) is 3.58. The molecule has 1 aromatic carbocycles. The first-order valence-electron chi connectivity index (χ1n) is 6.08. The second-order valence-corrected chi connectivity index (χ2v) is 5.08. The van der Waals surface area contributed by atoms with Gasteiger partial charge in [0.25, 0.3) is 0 Å². The van der Waals surface area contributed by atoms with Gasteiger partial charge in [-0.05, 0) is 50.8 Å². The molecule has 1 aliphatic heterocycles. The molecule has 0 amide bonds. The molecule has 16 heavy (non-hydrogen) atoms. The van der Waals surface area contributed by atoms with E-state index in [1.54, 1.807) is 0 Å². The molecule has 2 heteroatoms. The average molecular weight is 219 g/mol. The quantitative estimate of drug-likeness (QED) is 0.814. The van der Waals surface area contributed by atoms with E-state index in [0.717, 1.165) is 32.4 Å². The van der Waals surface area contributed by atoms with Gasteiger partial charge >= 0.3 is 0 Å². The molecular weight excluding hydrogens is 198 g/mol. The maximum Gasteiger partial charge on any atom is 0.0786 e. The van der Waals surface area contributed by atoms with Crippen LogP contribution in [0, 0.1) is 13.8 Å². The Kier molecular flexibility index (Phi) is 3.31. The van der Waals surface area contributed by atoms with Crippen LogP contribution < -0.4 is 5.32 Å². The van der Waals surface area contributed by atoms with E-state index < -0.39 is 5.60 Å². The average Bonchev–Trinajstić information content (AvgIpc) is 2.64. The van der Waals surface area contributed by atoms with Gasteiger partial charge in [0.2, 0.25) is 0 Å². The van der Waals surface area contributed by atoms with Gasteiger partial charge in [-0.3, -0.25) is 0 Å².